The Hall–Kier alpha value is -3.24. The van der Waals surface area contributed by atoms with Gasteiger partial charge in [-0.1, -0.05) is 6.07 Å². The summed E-state index contributed by atoms with van der Waals surface area (Å²) in [5.41, 5.74) is -2.55. The average molecular weight is 540 g/mol. The molecule has 0 heterocycles. The van der Waals surface area contributed by atoms with Gasteiger partial charge in [0.25, 0.3) is 5.91 Å². The minimum atomic E-state index is -6.61. The summed E-state index contributed by atoms with van der Waals surface area (Å²) in [6, 6.07) is 4.70. The number of benzene rings is 2. The quantitative estimate of drug-likeness (QED) is 0.179. The molecule has 2 aromatic carbocycles. The van der Waals surface area contributed by atoms with Crippen LogP contribution >= 0.6 is 11.8 Å². The topological polar surface area (TPSA) is 81.5 Å². The lowest BCUT2D eigenvalue weighted by Crippen LogP contribution is -2.49. The van der Waals surface area contributed by atoms with Crippen molar-refractivity contribution in [2.75, 3.05) is 11.9 Å². The lowest BCUT2D eigenvalue weighted by molar-refractivity contribution is -0.386. The molecule has 0 bridgehead atoms. The lowest BCUT2D eigenvalue weighted by Gasteiger charge is -2.27. The number of rotatable bonds is 8. The third-order valence-electron chi connectivity index (χ3n) is 3.93. The van der Waals surface area contributed by atoms with Crippen LogP contribution in [-0.2, 0) is 11.0 Å². The number of nitrogens with zero attached hydrogens (tertiary/aromatic N) is 1. The highest BCUT2D eigenvalue weighted by Crippen LogP contribution is 2.54. The summed E-state index contributed by atoms with van der Waals surface area (Å²) in [6.45, 7) is -1.02. The number of nitro groups is 1. The van der Waals surface area contributed by atoms with Crippen LogP contribution < -0.4 is 10.1 Å². The SMILES string of the molecule is O=C(COc1ccc(SC(F)(F)C(F)(F)C(F)(F)F)cc1[N+](=O)[O-])Nc1cccc(C(F)(F)F)c1. The zero-order chi connectivity index (χ0) is 26.8. The van der Waals surface area contributed by atoms with Gasteiger partial charge >= 0.3 is 29.2 Å². The number of nitrogens with one attached hydrogen (secondary N) is 1. The second kappa shape index (κ2) is 9.79. The molecule has 0 atom stereocenters. The molecule has 17 heteroatoms. The summed E-state index contributed by atoms with van der Waals surface area (Å²) in [4.78, 5) is 20.8. The Kier molecular flexibility index (Phi) is 7.83. The number of alkyl halides is 10. The van der Waals surface area contributed by atoms with Crippen LogP contribution in [0.25, 0.3) is 0 Å². The van der Waals surface area contributed by atoms with Crippen LogP contribution in [0.2, 0.25) is 0 Å². The molecular formula is C18H10F10N2O4S. The van der Waals surface area contributed by atoms with E-state index < -0.39 is 74.6 Å². The molecule has 0 saturated carbocycles. The molecule has 0 fully saturated rings. The molecule has 0 spiro atoms. The first-order valence-corrected chi connectivity index (χ1v) is 9.56. The largest absolute Gasteiger partial charge is 0.477 e. The minimum absolute atomic E-state index is 0.227. The summed E-state index contributed by atoms with van der Waals surface area (Å²) in [5.74, 6) is -8.31. The maximum atomic E-state index is 13.5. The van der Waals surface area contributed by atoms with Gasteiger partial charge in [0, 0.05) is 16.6 Å². The highest BCUT2D eigenvalue weighted by atomic mass is 32.2. The van der Waals surface area contributed by atoms with Crippen LogP contribution in [0.3, 0.4) is 0 Å². The first-order valence-electron chi connectivity index (χ1n) is 8.75. The monoisotopic (exact) mass is 540 g/mol. The van der Waals surface area contributed by atoms with Gasteiger partial charge in [0.2, 0.25) is 0 Å². The molecule has 0 aliphatic carbocycles. The van der Waals surface area contributed by atoms with E-state index in [0.717, 1.165) is 18.2 Å². The van der Waals surface area contributed by atoms with Gasteiger partial charge in [0.15, 0.2) is 12.4 Å². The zero-order valence-electron chi connectivity index (χ0n) is 16.5. The van der Waals surface area contributed by atoms with Crippen molar-refractivity contribution in [3.8, 4) is 5.75 Å². The van der Waals surface area contributed by atoms with E-state index in [9.17, 15) is 58.8 Å². The smallest absolute Gasteiger partial charge is 0.460 e. The number of halogens is 10. The predicted octanol–water partition coefficient (Wildman–Crippen LogP) is 6.51. The molecule has 1 amide bonds. The number of carbonyl (C=O) groups excluding carboxylic acids is 1. The van der Waals surface area contributed by atoms with Crippen LogP contribution in [0.15, 0.2) is 47.4 Å². The molecule has 1 N–H and O–H groups in total. The zero-order valence-corrected chi connectivity index (χ0v) is 17.3. The molecule has 2 aromatic rings. The average Bonchev–Trinajstić information content (AvgIpc) is 2.71. The van der Waals surface area contributed by atoms with E-state index in [1.54, 1.807) is 0 Å². The van der Waals surface area contributed by atoms with Crippen molar-refractivity contribution in [3.05, 3.63) is 58.1 Å². The highest BCUT2D eigenvalue weighted by Gasteiger charge is 2.73. The van der Waals surface area contributed by atoms with E-state index in [1.807, 2.05) is 5.32 Å². The van der Waals surface area contributed by atoms with E-state index in [0.29, 0.717) is 18.2 Å². The molecule has 0 unspecified atom stereocenters. The Labute approximate surface area is 192 Å². The van der Waals surface area contributed by atoms with Crippen LogP contribution in [0.4, 0.5) is 55.3 Å². The molecule has 0 radical (unpaired) electrons. The summed E-state index contributed by atoms with van der Waals surface area (Å²) in [5, 5.41) is 7.45. The van der Waals surface area contributed by atoms with Crippen molar-refractivity contribution in [2.24, 2.45) is 0 Å². The summed E-state index contributed by atoms with van der Waals surface area (Å²) in [7, 11) is 0. The highest BCUT2D eigenvalue weighted by molar-refractivity contribution is 8.00. The second-order valence-corrected chi connectivity index (χ2v) is 7.68. The Morgan fingerprint density at radius 2 is 1.60 bits per heavy atom. The van der Waals surface area contributed by atoms with Gasteiger partial charge in [-0.2, -0.15) is 43.9 Å². The normalized spacial score (nSPS) is 12.9. The number of thioether (sulfide) groups is 1. The Morgan fingerprint density at radius 3 is 2.14 bits per heavy atom. The van der Waals surface area contributed by atoms with Gasteiger partial charge in [-0.15, -0.1) is 0 Å². The van der Waals surface area contributed by atoms with Gasteiger partial charge in [-0.05, 0) is 42.1 Å². The fourth-order valence-electron chi connectivity index (χ4n) is 2.32. The Morgan fingerprint density at radius 1 is 0.971 bits per heavy atom. The first kappa shape index (κ1) is 28.0. The van der Waals surface area contributed by atoms with E-state index in [1.165, 1.54) is 0 Å². The fourth-order valence-corrected chi connectivity index (χ4v) is 3.16. The van der Waals surface area contributed by atoms with E-state index >= 15 is 0 Å². The van der Waals surface area contributed by atoms with Crippen molar-refractivity contribution < 1.29 is 58.4 Å². The third-order valence-corrected chi connectivity index (χ3v) is 4.93. The van der Waals surface area contributed by atoms with Gasteiger partial charge in [0.1, 0.15) is 0 Å². The number of carbonyl (C=O) groups is 1. The number of hydrogen-bond donors (Lipinski definition) is 1. The third kappa shape index (κ3) is 6.67. The lowest BCUT2D eigenvalue weighted by atomic mass is 10.2. The molecule has 2 rings (SSSR count). The van der Waals surface area contributed by atoms with E-state index in [2.05, 4.69) is 0 Å². The molecule has 0 aliphatic rings. The number of ether oxygens (including phenoxy) is 1. The van der Waals surface area contributed by atoms with Gasteiger partial charge in [-0.25, -0.2) is 0 Å². The molecular weight excluding hydrogens is 530 g/mol. The van der Waals surface area contributed by atoms with Gasteiger partial charge in [0.05, 0.1) is 10.5 Å². The Balaban J connectivity index is 2.15. The van der Waals surface area contributed by atoms with E-state index in [-0.39, 0.29) is 11.8 Å². The van der Waals surface area contributed by atoms with Crippen LogP contribution in [0.5, 0.6) is 5.75 Å². The van der Waals surface area contributed by atoms with Crippen molar-refractivity contribution in [3.63, 3.8) is 0 Å². The summed E-state index contributed by atoms with van der Waals surface area (Å²) in [6.07, 6.45) is -11.3. The van der Waals surface area contributed by atoms with Crippen LogP contribution in [0.1, 0.15) is 5.56 Å². The van der Waals surface area contributed by atoms with Crippen molar-refractivity contribution in [2.45, 2.75) is 28.4 Å². The Bertz CT molecular complexity index is 1110. The molecule has 0 saturated heterocycles. The van der Waals surface area contributed by atoms with Crippen molar-refractivity contribution in [1.82, 2.24) is 0 Å². The number of amides is 1. The standard InChI is InChI=1S/C18H10F10N2O4S/c19-15(20,21)9-2-1-3-10(6-9)29-14(31)8-34-13-5-4-11(7-12(13)30(32)33)35-18(27,28)16(22,23)17(24,25)26/h1-7H,8H2,(H,29,31). The van der Waals surface area contributed by atoms with Crippen LogP contribution in [-0.4, -0.2) is 34.8 Å². The fraction of sp³-hybridized carbons (Fsp3) is 0.278. The summed E-state index contributed by atoms with van der Waals surface area (Å²) < 4.78 is 133. The minimum Gasteiger partial charge on any atom is -0.477 e. The van der Waals surface area contributed by atoms with Crippen LogP contribution in [0, 0.1) is 10.1 Å². The second-order valence-electron chi connectivity index (χ2n) is 6.49. The maximum Gasteiger partial charge on any atom is 0.460 e. The van der Waals surface area contributed by atoms with Gasteiger partial charge < -0.3 is 10.1 Å². The van der Waals surface area contributed by atoms with E-state index in [4.69, 9.17) is 4.74 Å². The molecule has 0 aliphatic heterocycles. The van der Waals surface area contributed by atoms with Crippen molar-refractivity contribution >= 4 is 29.0 Å². The first-order chi connectivity index (χ1) is 15.8. The van der Waals surface area contributed by atoms with Crippen molar-refractivity contribution in [1.29, 1.82) is 0 Å². The number of anilines is 1. The van der Waals surface area contributed by atoms with Gasteiger partial charge in [-0.3, -0.25) is 14.9 Å². The molecule has 0 aromatic heterocycles. The molecule has 35 heavy (non-hydrogen) atoms. The number of hydrogen-bond acceptors (Lipinski definition) is 5. The number of nitro benzene ring substituents is 1. The summed E-state index contributed by atoms with van der Waals surface area (Å²) >= 11 is -1.29. The maximum absolute atomic E-state index is 13.5. The molecule has 192 valence electrons. The predicted molar refractivity (Wildman–Crippen MR) is 100 cm³/mol. The molecule has 6 nitrogen and oxygen atoms in total.